The highest BCUT2D eigenvalue weighted by Crippen LogP contribution is 2.22. The van der Waals surface area contributed by atoms with Gasteiger partial charge in [-0.05, 0) is 37.1 Å². The van der Waals surface area contributed by atoms with Crippen LogP contribution in [0.3, 0.4) is 0 Å². The van der Waals surface area contributed by atoms with E-state index < -0.39 is 0 Å². The maximum absolute atomic E-state index is 12.5. The van der Waals surface area contributed by atoms with E-state index in [1.165, 1.54) is 49.9 Å². The fraction of sp³-hybridized carbons (Fsp3) is 0.684. The van der Waals surface area contributed by atoms with E-state index in [1.54, 1.807) is 4.90 Å². The number of carbonyl (C=O) groups is 2. The lowest BCUT2D eigenvalue weighted by Crippen LogP contribution is -2.47. The molecule has 0 aromatic carbocycles. The minimum absolute atomic E-state index is 0.00919. The molecular formula is C19H29N3O2S. The molecule has 1 aromatic rings. The summed E-state index contributed by atoms with van der Waals surface area (Å²) in [6.07, 6.45) is 9.49. The van der Waals surface area contributed by atoms with Crippen LogP contribution >= 0.6 is 11.3 Å². The standard InChI is InChI=1S/C19H29N3O2S/c23-18(21-12-11-20-15-7-3-1-2-4-8-15)16-9-5-13-22(16)19(24)17-10-6-14-25-17/h6,10,14-16,20H,1-5,7-9,11-13H2,(H,21,23). The fourth-order valence-electron chi connectivity index (χ4n) is 3.89. The van der Waals surface area contributed by atoms with Crippen LogP contribution in [0.2, 0.25) is 0 Å². The summed E-state index contributed by atoms with van der Waals surface area (Å²) in [6, 6.07) is 3.99. The van der Waals surface area contributed by atoms with Crippen molar-refractivity contribution in [1.82, 2.24) is 15.5 Å². The van der Waals surface area contributed by atoms with Gasteiger partial charge in [-0.15, -0.1) is 11.3 Å². The molecule has 1 unspecified atom stereocenters. The Morgan fingerprint density at radius 3 is 2.60 bits per heavy atom. The van der Waals surface area contributed by atoms with Crippen LogP contribution in [0.1, 0.15) is 61.0 Å². The lowest BCUT2D eigenvalue weighted by molar-refractivity contribution is -0.124. The Bertz CT molecular complexity index is 553. The number of carbonyl (C=O) groups excluding carboxylic acids is 2. The molecule has 0 bridgehead atoms. The van der Waals surface area contributed by atoms with Gasteiger partial charge in [0, 0.05) is 25.7 Å². The van der Waals surface area contributed by atoms with Crippen molar-refractivity contribution < 1.29 is 9.59 Å². The summed E-state index contributed by atoms with van der Waals surface area (Å²) in [5.41, 5.74) is 0. The summed E-state index contributed by atoms with van der Waals surface area (Å²) >= 11 is 1.44. The third kappa shape index (κ3) is 5.05. The predicted octanol–water partition coefficient (Wildman–Crippen LogP) is 2.78. The molecule has 2 aliphatic rings. The third-order valence-electron chi connectivity index (χ3n) is 5.26. The highest BCUT2D eigenvalue weighted by molar-refractivity contribution is 7.12. The van der Waals surface area contributed by atoms with E-state index in [2.05, 4.69) is 10.6 Å². The number of thiophene rings is 1. The molecule has 1 aliphatic heterocycles. The summed E-state index contributed by atoms with van der Waals surface area (Å²) in [5.74, 6) is -0.0192. The minimum atomic E-state index is -0.313. The van der Waals surface area contributed by atoms with Gasteiger partial charge in [0.25, 0.3) is 5.91 Å². The summed E-state index contributed by atoms with van der Waals surface area (Å²) in [4.78, 5) is 27.5. The summed E-state index contributed by atoms with van der Waals surface area (Å²) < 4.78 is 0. The van der Waals surface area contributed by atoms with E-state index in [0.29, 0.717) is 19.1 Å². The number of rotatable bonds is 6. The first kappa shape index (κ1) is 18.4. The predicted molar refractivity (Wildman–Crippen MR) is 101 cm³/mol. The quantitative estimate of drug-likeness (QED) is 0.603. The number of likely N-dealkylation sites (tertiary alicyclic amines) is 1. The van der Waals surface area contributed by atoms with E-state index in [-0.39, 0.29) is 17.9 Å². The summed E-state index contributed by atoms with van der Waals surface area (Å²) in [7, 11) is 0. The lowest BCUT2D eigenvalue weighted by atomic mass is 10.1. The van der Waals surface area contributed by atoms with E-state index in [4.69, 9.17) is 0 Å². The van der Waals surface area contributed by atoms with Crippen molar-refractivity contribution in [2.24, 2.45) is 0 Å². The zero-order valence-corrected chi connectivity index (χ0v) is 15.7. The van der Waals surface area contributed by atoms with Gasteiger partial charge in [-0.1, -0.05) is 31.7 Å². The van der Waals surface area contributed by atoms with Crippen molar-refractivity contribution in [3.05, 3.63) is 22.4 Å². The largest absolute Gasteiger partial charge is 0.353 e. The molecule has 3 rings (SSSR count). The molecule has 1 saturated carbocycles. The van der Waals surface area contributed by atoms with Gasteiger partial charge in [-0.3, -0.25) is 9.59 Å². The van der Waals surface area contributed by atoms with Crippen molar-refractivity contribution in [3.63, 3.8) is 0 Å². The number of amides is 2. The molecule has 1 atom stereocenters. The molecule has 138 valence electrons. The van der Waals surface area contributed by atoms with Gasteiger partial charge < -0.3 is 15.5 Å². The second kappa shape index (κ2) is 9.34. The molecule has 1 saturated heterocycles. The Hall–Kier alpha value is -1.40. The third-order valence-corrected chi connectivity index (χ3v) is 6.12. The zero-order valence-electron chi connectivity index (χ0n) is 14.8. The Kier molecular flexibility index (Phi) is 6.87. The van der Waals surface area contributed by atoms with Crippen molar-refractivity contribution in [2.45, 2.75) is 63.5 Å². The summed E-state index contributed by atoms with van der Waals surface area (Å²) in [5, 5.41) is 8.49. The molecule has 1 aliphatic carbocycles. The lowest BCUT2D eigenvalue weighted by Gasteiger charge is -2.24. The smallest absolute Gasteiger partial charge is 0.264 e. The first-order valence-electron chi connectivity index (χ1n) is 9.61. The second-order valence-electron chi connectivity index (χ2n) is 7.07. The van der Waals surface area contributed by atoms with Crippen LogP contribution in [0, 0.1) is 0 Å². The molecule has 2 fully saturated rings. The minimum Gasteiger partial charge on any atom is -0.353 e. The van der Waals surface area contributed by atoms with E-state index in [9.17, 15) is 9.59 Å². The average molecular weight is 364 g/mol. The second-order valence-corrected chi connectivity index (χ2v) is 8.02. The molecular weight excluding hydrogens is 334 g/mol. The van der Waals surface area contributed by atoms with Crippen LogP contribution in [-0.4, -0.2) is 48.4 Å². The van der Waals surface area contributed by atoms with Crippen molar-refractivity contribution in [3.8, 4) is 0 Å². The van der Waals surface area contributed by atoms with Gasteiger partial charge in [-0.2, -0.15) is 0 Å². The number of hydrogen-bond acceptors (Lipinski definition) is 4. The number of nitrogens with zero attached hydrogens (tertiary/aromatic N) is 1. The van der Waals surface area contributed by atoms with Gasteiger partial charge in [0.2, 0.25) is 5.91 Å². The maximum atomic E-state index is 12.5. The van der Waals surface area contributed by atoms with Crippen LogP contribution in [0.4, 0.5) is 0 Å². The van der Waals surface area contributed by atoms with Crippen molar-refractivity contribution in [2.75, 3.05) is 19.6 Å². The zero-order chi connectivity index (χ0) is 17.5. The Morgan fingerprint density at radius 1 is 1.08 bits per heavy atom. The molecule has 0 spiro atoms. The maximum Gasteiger partial charge on any atom is 0.264 e. The van der Waals surface area contributed by atoms with E-state index in [1.807, 2.05) is 17.5 Å². The van der Waals surface area contributed by atoms with Crippen LogP contribution in [0.15, 0.2) is 17.5 Å². The highest BCUT2D eigenvalue weighted by Gasteiger charge is 2.34. The van der Waals surface area contributed by atoms with Gasteiger partial charge in [0.1, 0.15) is 6.04 Å². The first-order valence-corrected chi connectivity index (χ1v) is 10.5. The van der Waals surface area contributed by atoms with Crippen LogP contribution in [-0.2, 0) is 4.79 Å². The monoisotopic (exact) mass is 363 g/mol. The SMILES string of the molecule is O=C(NCCNC1CCCCCC1)C1CCCN1C(=O)c1cccs1. The molecule has 2 amide bonds. The number of hydrogen-bond donors (Lipinski definition) is 2. The Morgan fingerprint density at radius 2 is 1.88 bits per heavy atom. The molecule has 5 nitrogen and oxygen atoms in total. The van der Waals surface area contributed by atoms with Crippen LogP contribution in [0.5, 0.6) is 0 Å². The molecule has 0 radical (unpaired) electrons. The van der Waals surface area contributed by atoms with Crippen LogP contribution < -0.4 is 10.6 Å². The van der Waals surface area contributed by atoms with Gasteiger partial charge in [0.05, 0.1) is 4.88 Å². The molecule has 25 heavy (non-hydrogen) atoms. The highest BCUT2D eigenvalue weighted by atomic mass is 32.1. The first-order chi connectivity index (χ1) is 12.3. The Balaban J connectivity index is 1.41. The number of nitrogens with one attached hydrogen (secondary N) is 2. The molecule has 6 heteroatoms. The Labute approximate surface area is 154 Å². The van der Waals surface area contributed by atoms with Gasteiger partial charge in [0.15, 0.2) is 0 Å². The van der Waals surface area contributed by atoms with Crippen LogP contribution in [0.25, 0.3) is 0 Å². The van der Waals surface area contributed by atoms with Gasteiger partial charge >= 0.3 is 0 Å². The van der Waals surface area contributed by atoms with E-state index >= 15 is 0 Å². The molecule has 2 heterocycles. The topological polar surface area (TPSA) is 61.4 Å². The molecule has 2 N–H and O–H groups in total. The van der Waals surface area contributed by atoms with Gasteiger partial charge in [-0.25, -0.2) is 0 Å². The molecule has 1 aromatic heterocycles. The van der Waals surface area contributed by atoms with Crippen molar-refractivity contribution in [1.29, 1.82) is 0 Å². The fourth-order valence-corrected chi connectivity index (χ4v) is 4.57. The summed E-state index contributed by atoms with van der Waals surface area (Å²) in [6.45, 7) is 2.12. The average Bonchev–Trinajstić information content (AvgIpc) is 3.26. The normalized spacial score (nSPS) is 21.9. The van der Waals surface area contributed by atoms with Crippen molar-refractivity contribution >= 4 is 23.2 Å². The van der Waals surface area contributed by atoms with E-state index in [0.717, 1.165) is 24.3 Å².